The van der Waals surface area contributed by atoms with Gasteiger partial charge in [-0.3, -0.25) is 9.78 Å². The van der Waals surface area contributed by atoms with Crippen LogP contribution in [0.25, 0.3) is 10.9 Å². The van der Waals surface area contributed by atoms with Gasteiger partial charge < -0.3 is 24.4 Å². The lowest BCUT2D eigenvalue weighted by molar-refractivity contribution is -0.0727. The van der Waals surface area contributed by atoms with Crippen LogP contribution in [-0.2, 0) is 10.3 Å². The van der Waals surface area contributed by atoms with Crippen molar-refractivity contribution >= 4 is 16.8 Å². The van der Waals surface area contributed by atoms with Crippen molar-refractivity contribution in [3.63, 3.8) is 0 Å². The maximum atomic E-state index is 13.1. The number of hydrogen-bond acceptors (Lipinski definition) is 6. The number of fused-ring (bicyclic) bond motifs is 1. The molecule has 0 spiro atoms. The Morgan fingerprint density at radius 2 is 1.82 bits per heavy atom. The minimum Gasteiger partial charge on any atom is -0.497 e. The number of likely N-dealkylation sites (tertiary alicyclic amines) is 1. The van der Waals surface area contributed by atoms with E-state index in [0.29, 0.717) is 30.3 Å². The normalized spacial score (nSPS) is 16.6. The predicted molar refractivity (Wildman–Crippen MR) is 128 cm³/mol. The summed E-state index contributed by atoms with van der Waals surface area (Å²) >= 11 is 0. The van der Waals surface area contributed by atoms with Crippen molar-refractivity contribution < 1.29 is 19.0 Å². The fourth-order valence-electron chi connectivity index (χ4n) is 4.00. The fourth-order valence-corrected chi connectivity index (χ4v) is 4.00. The maximum Gasteiger partial charge on any atom is 0.252 e. The molecule has 0 unspecified atom stereocenters. The third kappa shape index (κ3) is 4.79. The quantitative estimate of drug-likeness (QED) is 0.642. The molecule has 0 atom stereocenters. The number of benzene rings is 2. The molecule has 5 rings (SSSR count). The van der Waals surface area contributed by atoms with Crippen LogP contribution < -0.4 is 14.8 Å². The van der Waals surface area contributed by atoms with Crippen molar-refractivity contribution in [2.75, 3.05) is 47.6 Å². The molecule has 3 aromatic rings. The first-order valence-electron chi connectivity index (χ1n) is 11.1. The van der Waals surface area contributed by atoms with Crippen molar-refractivity contribution in [1.82, 2.24) is 15.2 Å². The highest BCUT2D eigenvalue weighted by atomic mass is 16.5. The number of aryl methyl sites for hydroxylation is 1. The second kappa shape index (κ2) is 9.77. The Bertz CT molecular complexity index is 1140. The van der Waals surface area contributed by atoms with E-state index in [1.165, 1.54) is 19.5 Å². The summed E-state index contributed by atoms with van der Waals surface area (Å²) in [6.45, 7) is 5.32. The van der Waals surface area contributed by atoms with Crippen LogP contribution in [0.2, 0.25) is 0 Å². The second-order valence-corrected chi connectivity index (χ2v) is 8.61. The summed E-state index contributed by atoms with van der Waals surface area (Å²) in [5.41, 5.74) is 2.58. The summed E-state index contributed by atoms with van der Waals surface area (Å²) in [5.74, 6) is 1.17. The second-order valence-electron chi connectivity index (χ2n) is 8.61. The van der Waals surface area contributed by atoms with Gasteiger partial charge in [0, 0.05) is 23.2 Å². The maximum absolute atomic E-state index is 13.1. The molecule has 2 fully saturated rings. The highest BCUT2D eigenvalue weighted by Crippen LogP contribution is 2.37. The van der Waals surface area contributed by atoms with Crippen LogP contribution in [0, 0.1) is 6.92 Å². The van der Waals surface area contributed by atoms with Gasteiger partial charge in [-0.05, 0) is 68.9 Å². The Kier molecular flexibility index (Phi) is 6.81. The van der Waals surface area contributed by atoms with Gasteiger partial charge in [-0.1, -0.05) is 12.1 Å². The average Bonchev–Trinajstić information content (AvgIpc) is 2.80. The Balaban J connectivity index is 0.000000459. The molecule has 7 heteroatoms. The summed E-state index contributed by atoms with van der Waals surface area (Å²) in [4.78, 5) is 19.9. The molecule has 2 saturated heterocycles. The van der Waals surface area contributed by atoms with Crippen LogP contribution in [0.5, 0.6) is 11.5 Å². The number of carbonyl (C=O) groups is 1. The minimum atomic E-state index is -0.636. The number of amides is 1. The molecule has 174 valence electrons. The van der Waals surface area contributed by atoms with E-state index in [0.717, 1.165) is 22.0 Å². The van der Waals surface area contributed by atoms with Gasteiger partial charge in [-0.2, -0.15) is 0 Å². The van der Waals surface area contributed by atoms with Crippen molar-refractivity contribution in [2.24, 2.45) is 0 Å². The first-order chi connectivity index (χ1) is 16.0. The highest BCUT2D eigenvalue weighted by Gasteiger charge is 2.43. The van der Waals surface area contributed by atoms with E-state index in [2.05, 4.69) is 22.2 Å². The Morgan fingerprint density at radius 1 is 1.09 bits per heavy atom. The smallest absolute Gasteiger partial charge is 0.252 e. The standard InChI is InChI=1S/C22H22N2O4.C4H9N/c1-14-6-7-15(26-2)9-18(14)21(25)24-22(12-28-13-22)19-10-16(27-3)11-20-17(19)5-4-8-23-20;1-5-3-2-4-5/h4-11H,12-13H2,1-3H3,(H,24,25);2-4H2,1H3. The van der Waals surface area contributed by atoms with E-state index < -0.39 is 5.54 Å². The third-order valence-corrected chi connectivity index (χ3v) is 6.26. The number of ether oxygens (including phenoxy) is 3. The predicted octanol–water partition coefficient (Wildman–Crippen LogP) is 3.54. The summed E-state index contributed by atoms with van der Waals surface area (Å²) in [7, 11) is 5.35. The zero-order valence-electron chi connectivity index (χ0n) is 19.7. The molecule has 33 heavy (non-hydrogen) atoms. The molecule has 2 aliphatic rings. The SMILES string of the molecule is CN1CCC1.COc1ccc(C)c(C(=O)NC2(c3cc(OC)cc4ncccc34)COC2)c1. The highest BCUT2D eigenvalue weighted by molar-refractivity contribution is 5.97. The Hall–Kier alpha value is -3.16. The molecule has 0 bridgehead atoms. The van der Waals surface area contributed by atoms with Gasteiger partial charge in [0.15, 0.2) is 0 Å². The van der Waals surface area contributed by atoms with E-state index in [-0.39, 0.29) is 5.91 Å². The van der Waals surface area contributed by atoms with E-state index in [1.54, 1.807) is 26.5 Å². The van der Waals surface area contributed by atoms with Crippen molar-refractivity contribution in [3.05, 3.63) is 65.4 Å². The van der Waals surface area contributed by atoms with E-state index in [1.807, 2.05) is 43.3 Å². The molecule has 2 aromatic carbocycles. The first-order valence-corrected chi connectivity index (χ1v) is 11.1. The zero-order chi connectivity index (χ0) is 23.4. The summed E-state index contributed by atoms with van der Waals surface area (Å²) in [6, 6.07) is 13.2. The lowest BCUT2D eigenvalue weighted by atomic mass is 9.84. The fraction of sp³-hybridized carbons (Fsp3) is 0.385. The number of nitrogens with one attached hydrogen (secondary N) is 1. The monoisotopic (exact) mass is 449 g/mol. The molecule has 2 aliphatic heterocycles. The summed E-state index contributed by atoms with van der Waals surface area (Å²) in [5, 5.41) is 4.16. The number of methoxy groups -OCH3 is 2. The van der Waals surface area contributed by atoms with E-state index >= 15 is 0 Å². The van der Waals surface area contributed by atoms with Crippen molar-refractivity contribution in [2.45, 2.75) is 18.9 Å². The van der Waals surface area contributed by atoms with Gasteiger partial charge in [0.05, 0.1) is 33.0 Å². The molecule has 1 aromatic heterocycles. The number of pyridine rings is 1. The summed E-state index contributed by atoms with van der Waals surface area (Å²) < 4.78 is 16.3. The van der Waals surface area contributed by atoms with Crippen LogP contribution in [0.4, 0.5) is 0 Å². The topological polar surface area (TPSA) is 72.9 Å². The van der Waals surface area contributed by atoms with Crippen molar-refractivity contribution in [1.29, 1.82) is 0 Å². The van der Waals surface area contributed by atoms with Crippen LogP contribution in [-0.4, -0.2) is 63.4 Å². The van der Waals surface area contributed by atoms with Crippen LogP contribution in [0.3, 0.4) is 0 Å². The molecule has 0 saturated carbocycles. The van der Waals surface area contributed by atoms with E-state index in [9.17, 15) is 4.79 Å². The first kappa shape index (κ1) is 23.0. The number of nitrogens with zero attached hydrogens (tertiary/aromatic N) is 2. The number of aromatic nitrogens is 1. The van der Waals surface area contributed by atoms with Crippen LogP contribution >= 0.6 is 0 Å². The molecular weight excluding hydrogens is 418 g/mol. The zero-order valence-corrected chi connectivity index (χ0v) is 19.7. The van der Waals surface area contributed by atoms with Crippen LogP contribution in [0.1, 0.15) is 27.9 Å². The van der Waals surface area contributed by atoms with Gasteiger partial charge in [0.25, 0.3) is 5.91 Å². The minimum absolute atomic E-state index is 0.167. The Labute approximate surface area is 194 Å². The molecule has 3 heterocycles. The van der Waals surface area contributed by atoms with Gasteiger partial charge in [-0.15, -0.1) is 0 Å². The van der Waals surface area contributed by atoms with Gasteiger partial charge >= 0.3 is 0 Å². The molecule has 0 radical (unpaired) electrons. The van der Waals surface area contributed by atoms with Gasteiger partial charge in [-0.25, -0.2) is 0 Å². The van der Waals surface area contributed by atoms with Crippen molar-refractivity contribution in [3.8, 4) is 11.5 Å². The molecule has 0 aliphatic carbocycles. The number of carbonyl (C=O) groups excluding carboxylic acids is 1. The lowest BCUT2D eigenvalue weighted by Gasteiger charge is -2.43. The van der Waals surface area contributed by atoms with Gasteiger partial charge in [0.2, 0.25) is 0 Å². The number of hydrogen-bond donors (Lipinski definition) is 1. The number of rotatable bonds is 5. The molecular formula is C26H31N3O4. The van der Waals surface area contributed by atoms with Crippen LogP contribution in [0.15, 0.2) is 48.7 Å². The van der Waals surface area contributed by atoms with Gasteiger partial charge in [0.1, 0.15) is 17.0 Å². The molecule has 7 nitrogen and oxygen atoms in total. The molecule has 1 N–H and O–H groups in total. The average molecular weight is 450 g/mol. The molecule has 1 amide bonds. The van der Waals surface area contributed by atoms with E-state index in [4.69, 9.17) is 14.2 Å². The summed E-state index contributed by atoms with van der Waals surface area (Å²) in [6.07, 6.45) is 3.16. The Morgan fingerprint density at radius 3 is 2.39 bits per heavy atom. The lowest BCUT2D eigenvalue weighted by Crippen LogP contribution is -2.59. The third-order valence-electron chi connectivity index (χ3n) is 6.26. The largest absolute Gasteiger partial charge is 0.497 e.